The third-order valence-corrected chi connectivity index (χ3v) is 4.49. The third-order valence-electron chi connectivity index (χ3n) is 4.49. The summed E-state index contributed by atoms with van der Waals surface area (Å²) in [6.45, 7) is 3.14. The molecule has 0 unspecified atom stereocenters. The second-order valence-electron chi connectivity index (χ2n) is 6.49. The smallest absolute Gasteiger partial charge is 0.231 e. The highest BCUT2D eigenvalue weighted by Gasteiger charge is 2.29. The van der Waals surface area contributed by atoms with Gasteiger partial charge in [-0.25, -0.2) is 0 Å². The van der Waals surface area contributed by atoms with Gasteiger partial charge in [-0.05, 0) is 31.9 Å². The van der Waals surface area contributed by atoms with Crippen molar-refractivity contribution in [2.45, 2.75) is 32.1 Å². The third kappa shape index (κ3) is 3.49. The van der Waals surface area contributed by atoms with E-state index in [9.17, 15) is 4.79 Å². The van der Waals surface area contributed by atoms with Crippen LogP contribution in [0.3, 0.4) is 0 Å². The summed E-state index contributed by atoms with van der Waals surface area (Å²) in [7, 11) is 0. The quantitative estimate of drug-likeness (QED) is 0.710. The molecule has 1 aliphatic rings. The molecule has 8 heteroatoms. The molecule has 1 atom stereocenters. The SMILES string of the molecule is Cc1cc(CC(=O)N2CCC[C@@H](c3nc(-c4cccnc4)no3)C2)on1. The lowest BCUT2D eigenvalue weighted by Crippen LogP contribution is -2.40. The maximum atomic E-state index is 12.5. The first-order valence-corrected chi connectivity index (χ1v) is 8.63. The van der Waals surface area contributed by atoms with E-state index < -0.39 is 0 Å². The van der Waals surface area contributed by atoms with E-state index in [0.717, 1.165) is 30.6 Å². The van der Waals surface area contributed by atoms with Crippen LogP contribution in [-0.4, -0.2) is 44.2 Å². The molecule has 4 heterocycles. The van der Waals surface area contributed by atoms with E-state index in [1.165, 1.54) is 0 Å². The van der Waals surface area contributed by atoms with Crippen LogP contribution in [0.1, 0.15) is 36.1 Å². The van der Waals surface area contributed by atoms with Gasteiger partial charge >= 0.3 is 0 Å². The Morgan fingerprint density at radius 1 is 1.35 bits per heavy atom. The van der Waals surface area contributed by atoms with Gasteiger partial charge < -0.3 is 13.9 Å². The molecule has 1 amide bonds. The first-order chi connectivity index (χ1) is 12.7. The molecule has 0 N–H and O–H groups in total. The molecule has 0 aliphatic carbocycles. The predicted octanol–water partition coefficient (Wildman–Crippen LogP) is 2.38. The molecule has 4 rings (SSSR count). The summed E-state index contributed by atoms with van der Waals surface area (Å²) in [6, 6.07) is 5.51. The van der Waals surface area contributed by atoms with Crippen LogP contribution in [0.15, 0.2) is 39.6 Å². The summed E-state index contributed by atoms with van der Waals surface area (Å²) >= 11 is 0. The normalized spacial score (nSPS) is 17.4. The molecule has 0 aromatic carbocycles. The molecule has 1 saturated heterocycles. The second kappa shape index (κ2) is 7.07. The molecule has 0 radical (unpaired) electrons. The summed E-state index contributed by atoms with van der Waals surface area (Å²) in [4.78, 5) is 22.9. The Bertz CT molecular complexity index is 889. The van der Waals surface area contributed by atoms with Gasteiger partial charge in [0.1, 0.15) is 5.76 Å². The predicted molar refractivity (Wildman–Crippen MR) is 91.0 cm³/mol. The van der Waals surface area contributed by atoms with Crippen LogP contribution in [0.5, 0.6) is 0 Å². The lowest BCUT2D eigenvalue weighted by atomic mass is 9.97. The van der Waals surface area contributed by atoms with Crippen LogP contribution in [0.2, 0.25) is 0 Å². The number of nitrogens with zero attached hydrogens (tertiary/aromatic N) is 5. The molecule has 0 spiro atoms. The molecule has 1 aliphatic heterocycles. The Morgan fingerprint density at radius 3 is 3.04 bits per heavy atom. The van der Waals surface area contributed by atoms with Gasteiger partial charge in [-0.2, -0.15) is 4.98 Å². The number of rotatable bonds is 4. The van der Waals surface area contributed by atoms with Crippen molar-refractivity contribution in [3.8, 4) is 11.4 Å². The highest BCUT2D eigenvalue weighted by molar-refractivity contribution is 5.78. The number of aryl methyl sites for hydroxylation is 1. The van der Waals surface area contributed by atoms with Crippen LogP contribution < -0.4 is 0 Å². The Hall–Kier alpha value is -3.03. The molecule has 134 valence electrons. The zero-order chi connectivity index (χ0) is 17.9. The molecule has 0 saturated carbocycles. The van der Waals surface area contributed by atoms with Gasteiger partial charge in [0.2, 0.25) is 17.6 Å². The van der Waals surface area contributed by atoms with E-state index in [0.29, 0.717) is 24.0 Å². The first-order valence-electron chi connectivity index (χ1n) is 8.63. The van der Waals surface area contributed by atoms with Gasteiger partial charge in [0.15, 0.2) is 0 Å². The topological polar surface area (TPSA) is 98.2 Å². The van der Waals surface area contributed by atoms with E-state index in [-0.39, 0.29) is 18.2 Å². The van der Waals surface area contributed by atoms with Gasteiger partial charge in [0.25, 0.3) is 0 Å². The van der Waals surface area contributed by atoms with Crippen molar-refractivity contribution in [3.63, 3.8) is 0 Å². The fourth-order valence-electron chi connectivity index (χ4n) is 3.18. The van der Waals surface area contributed by atoms with Gasteiger partial charge in [-0.15, -0.1) is 0 Å². The number of carbonyl (C=O) groups excluding carboxylic acids is 1. The minimum absolute atomic E-state index is 0.0258. The molecule has 0 bridgehead atoms. The fraction of sp³-hybridized carbons (Fsp3) is 0.389. The number of amides is 1. The van der Waals surface area contributed by atoms with Gasteiger partial charge in [-0.3, -0.25) is 9.78 Å². The van der Waals surface area contributed by atoms with Crippen molar-refractivity contribution in [3.05, 3.63) is 47.9 Å². The van der Waals surface area contributed by atoms with Crippen LogP contribution in [0.25, 0.3) is 11.4 Å². The number of piperidine rings is 1. The maximum absolute atomic E-state index is 12.5. The second-order valence-corrected chi connectivity index (χ2v) is 6.49. The van der Waals surface area contributed by atoms with Crippen molar-refractivity contribution in [2.24, 2.45) is 0 Å². The molecule has 26 heavy (non-hydrogen) atoms. The Morgan fingerprint density at radius 2 is 2.27 bits per heavy atom. The standard InChI is InChI=1S/C18H19N5O3/c1-12-8-15(25-21-12)9-16(24)23-7-3-5-14(11-23)18-20-17(22-26-18)13-4-2-6-19-10-13/h2,4,6,8,10,14H,3,5,7,9,11H2,1H3/t14-/m1/s1. The minimum atomic E-state index is 0.0258. The Balaban J connectivity index is 1.43. The van der Waals surface area contributed by atoms with Gasteiger partial charge in [0, 0.05) is 37.1 Å². The summed E-state index contributed by atoms with van der Waals surface area (Å²) in [5, 5.41) is 7.87. The summed E-state index contributed by atoms with van der Waals surface area (Å²) in [5.74, 6) is 1.75. The first kappa shape index (κ1) is 16.4. The van der Waals surface area contributed by atoms with Crippen molar-refractivity contribution < 1.29 is 13.8 Å². The molecule has 8 nitrogen and oxygen atoms in total. The van der Waals surface area contributed by atoms with Crippen LogP contribution in [0.4, 0.5) is 0 Å². The Kier molecular flexibility index (Phi) is 4.47. The van der Waals surface area contributed by atoms with E-state index in [2.05, 4.69) is 20.3 Å². The average Bonchev–Trinajstić information content (AvgIpc) is 3.32. The van der Waals surface area contributed by atoms with Crippen molar-refractivity contribution in [1.82, 2.24) is 25.2 Å². The monoisotopic (exact) mass is 353 g/mol. The zero-order valence-corrected chi connectivity index (χ0v) is 14.5. The van der Waals surface area contributed by atoms with E-state index in [4.69, 9.17) is 9.05 Å². The maximum Gasteiger partial charge on any atom is 0.231 e. The largest absolute Gasteiger partial charge is 0.361 e. The highest BCUT2D eigenvalue weighted by Crippen LogP contribution is 2.27. The highest BCUT2D eigenvalue weighted by atomic mass is 16.5. The van der Waals surface area contributed by atoms with Crippen molar-refractivity contribution >= 4 is 5.91 Å². The zero-order valence-electron chi connectivity index (χ0n) is 14.5. The lowest BCUT2D eigenvalue weighted by Gasteiger charge is -2.30. The van der Waals surface area contributed by atoms with E-state index in [1.54, 1.807) is 18.5 Å². The number of aromatic nitrogens is 4. The molecule has 1 fully saturated rings. The molecular formula is C18H19N5O3. The average molecular weight is 353 g/mol. The Labute approximate surface area is 150 Å². The van der Waals surface area contributed by atoms with E-state index >= 15 is 0 Å². The number of pyridine rings is 1. The minimum Gasteiger partial charge on any atom is -0.361 e. The van der Waals surface area contributed by atoms with Crippen LogP contribution in [-0.2, 0) is 11.2 Å². The molecular weight excluding hydrogens is 334 g/mol. The van der Waals surface area contributed by atoms with Crippen molar-refractivity contribution in [1.29, 1.82) is 0 Å². The summed E-state index contributed by atoms with van der Waals surface area (Å²) in [5.41, 5.74) is 1.59. The molecule has 3 aromatic heterocycles. The number of likely N-dealkylation sites (tertiary alicyclic amines) is 1. The fourth-order valence-corrected chi connectivity index (χ4v) is 3.18. The summed E-state index contributed by atoms with van der Waals surface area (Å²) in [6.07, 6.45) is 5.44. The van der Waals surface area contributed by atoms with Gasteiger partial charge in [-0.1, -0.05) is 10.3 Å². The lowest BCUT2D eigenvalue weighted by molar-refractivity contribution is -0.132. The van der Waals surface area contributed by atoms with Crippen LogP contribution in [0, 0.1) is 6.92 Å². The van der Waals surface area contributed by atoms with Crippen LogP contribution >= 0.6 is 0 Å². The number of carbonyl (C=O) groups is 1. The summed E-state index contributed by atoms with van der Waals surface area (Å²) < 4.78 is 10.6. The number of hydrogen-bond acceptors (Lipinski definition) is 7. The number of hydrogen-bond donors (Lipinski definition) is 0. The van der Waals surface area contributed by atoms with Gasteiger partial charge in [0.05, 0.1) is 18.0 Å². The van der Waals surface area contributed by atoms with Crippen molar-refractivity contribution in [2.75, 3.05) is 13.1 Å². The molecule has 3 aromatic rings. The van der Waals surface area contributed by atoms with E-state index in [1.807, 2.05) is 24.0 Å².